The molecule has 1 aliphatic heterocycles. The maximum Gasteiger partial charge on any atom is 0.240 e. The number of hydrogen-bond acceptors (Lipinski definition) is 6. The number of benzene rings is 1. The second-order valence-electron chi connectivity index (χ2n) is 4.80. The van der Waals surface area contributed by atoms with Crippen molar-refractivity contribution in [2.75, 3.05) is 17.2 Å². The van der Waals surface area contributed by atoms with Gasteiger partial charge in [-0.25, -0.2) is 21.6 Å². The molecule has 0 aromatic heterocycles. The van der Waals surface area contributed by atoms with Crippen LogP contribution in [-0.2, 0) is 19.9 Å². The Balaban J connectivity index is 2.21. The monoisotopic (exact) mass is 320 g/mol. The Bertz CT molecular complexity index is 712. The van der Waals surface area contributed by atoms with Crippen LogP contribution in [0.4, 0.5) is 5.69 Å². The van der Waals surface area contributed by atoms with Gasteiger partial charge in [0, 0.05) is 6.04 Å². The molecule has 9 heteroatoms. The Morgan fingerprint density at radius 1 is 1.35 bits per heavy atom. The molecule has 0 radical (unpaired) electrons. The highest BCUT2D eigenvalue weighted by atomic mass is 32.2. The number of sulfone groups is 1. The highest BCUT2D eigenvalue weighted by Gasteiger charge is 2.28. The largest absolute Gasteiger partial charge is 0.506 e. The Kier molecular flexibility index (Phi) is 3.94. The minimum absolute atomic E-state index is 0.0517. The van der Waals surface area contributed by atoms with Gasteiger partial charge in [0.05, 0.1) is 22.1 Å². The number of phenolic OH excluding ortho intramolecular Hbond substituents is 1. The molecule has 20 heavy (non-hydrogen) atoms. The first-order valence-electron chi connectivity index (χ1n) is 6.01. The van der Waals surface area contributed by atoms with Crippen LogP contribution >= 0.6 is 0 Å². The first-order chi connectivity index (χ1) is 9.20. The molecule has 1 heterocycles. The van der Waals surface area contributed by atoms with Gasteiger partial charge in [0.15, 0.2) is 9.84 Å². The molecule has 1 unspecified atom stereocenters. The summed E-state index contributed by atoms with van der Waals surface area (Å²) in [6.45, 7) is 0. The van der Waals surface area contributed by atoms with Crippen molar-refractivity contribution in [2.24, 2.45) is 0 Å². The average Bonchev–Trinajstić information content (AvgIpc) is 2.30. The number of rotatable bonds is 3. The third-order valence-corrected chi connectivity index (χ3v) is 6.43. The third-order valence-electron chi connectivity index (χ3n) is 3.09. The van der Waals surface area contributed by atoms with Crippen molar-refractivity contribution in [3.8, 4) is 5.75 Å². The molecule has 0 amide bonds. The first-order valence-corrected chi connectivity index (χ1v) is 9.31. The quantitative estimate of drug-likeness (QED) is 0.524. The first kappa shape index (κ1) is 15.1. The molecular formula is C11H16N2O5S2. The van der Waals surface area contributed by atoms with Gasteiger partial charge < -0.3 is 10.8 Å². The topological polar surface area (TPSA) is 127 Å². The Morgan fingerprint density at radius 3 is 2.65 bits per heavy atom. The Hall–Kier alpha value is -1.32. The molecule has 0 aliphatic carbocycles. The number of hydrogen-bond donors (Lipinski definition) is 3. The van der Waals surface area contributed by atoms with E-state index in [1.54, 1.807) is 0 Å². The van der Waals surface area contributed by atoms with Gasteiger partial charge in [-0.2, -0.15) is 0 Å². The summed E-state index contributed by atoms with van der Waals surface area (Å²) in [4.78, 5) is -0.101. The fourth-order valence-electron chi connectivity index (χ4n) is 2.10. The molecule has 4 N–H and O–H groups in total. The lowest BCUT2D eigenvalue weighted by Crippen LogP contribution is -2.43. The SMILES string of the molecule is Nc1cc(S(=O)(=O)NC2CCCS(=O)(=O)C2)ccc1O. The summed E-state index contributed by atoms with van der Waals surface area (Å²) in [7, 11) is -7.05. The predicted molar refractivity (Wildman–Crippen MR) is 74.5 cm³/mol. The Morgan fingerprint density at radius 2 is 2.05 bits per heavy atom. The van der Waals surface area contributed by atoms with Crippen LogP contribution < -0.4 is 10.5 Å². The minimum atomic E-state index is -3.85. The number of nitrogen functional groups attached to an aromatic ring is 1. The molecule has 0 bridgehead atoms. The van der Waals surface area contributed by atoms with Crippen LogP contribution in [0.3, 0.4) is 0 Å². The van der Waals surface area contributed by atoms with Crippen LogP contribution in [0.5, 0.6) is 5.75 Å². The van der Waals surface area contributed by atoms with E-state index in [1.807, 2.05) is 0 Å². The summed E-state index contributed by atoms with van der Waals surface area (Å²) in [5.74, 6) is -0.304. The van der Waals surface area contributed by atoms with Gasteiger partial charge in [0.1, 0.15) is 5.75 Å². The lowest BCUT2D eigenvalue weighted by molar-refractivity contribution is 0.477. The van der Waals surface area contributed by atoms with E-state index in [4.69, 9.17) is 5.73 Å². The van der Waals surface area contributed by atoms with Gasteiger partial charge in [0.2, 0.25) is 10.0 Å². The number of anilines is 1. The molecule has 1 aromatic carbocycles. The van der Waals surface area contributed by atoms with Gasteiger partial charge >= 0.3 is 0 Å². The highest BCUT2D eigenvalue weighted by molar-refractivity contribution is 7.91. The Labute approximate surface area is 117 Å². The fraction of sp³-hybridized carbons (Fsp3) is 0.455. The van der Waals surface area contributed by atoms with Crippen molar-refractivity contribution < 1.29 is 21.9 Å². The summed E-state index contributed by atoms with van der Waals surface area (Å²) >= 11 is 0. The summed E-state index contributed by atoms with van der Waals surface area (Å²) in [5.41, 5.74) is 5.40. The van der Waals surface area contributed by atoms with Crippen molar-refractivity contribution in [1.29, 1.82) is 0 Å². The van der Waals surface area contributed by atoms with E-state index < -0.39 is 25.9 Å². The molecule has 2 rings (SSSR count). The zero-order valence-electron chi connectivity index (χ0n) is 10.6. The van der Waals surface area contributed by atoms with E-state index in [9.17, 15) is 21.9 Å². The zero-order valence-corrected chi connectivity index (χ0v) is 12.2. The normalized spacial score (nSPS) is 22.5. The molecule has 0 spiro atoms. The standard InChI is InChI=1S/C11H16N2O5S2/c12-10-6-9(3-4-11(10)14)20(17,18)13-8-2-1-5-19(15,16)7-8/h3-4,6,8,13-14H,1-2,5,7,12H2. The molecule has 1 aromatic rings. The van der Waals surface area contributed by atoms with E-state index in [-0.39, 0.29) is 27.8 Å². The van der Waals surface area contributed by atoms with Gasteiger partial charge in [0.25, 0.3) is 0 Å². The summed E-state index contributed by atoms with van der Waals surface area (Å²) in [6.07, 6.45) is 0.916. The van der Waals surface area contributed by atoms with Crippen LogP contribution in [0.25, 0.3) is 0 Å². The van der Waals surface area contributed by atoms with Gasteiger partial charge in [-0.1, -0.05) is 0 Å². The number of sulfonamides is 1. The molecule has 7 nitrogen and oxygen atoms in total. The van der Waals surface area contributed by atoms with Gasteiger partial charge in [-0.3, -0.25) is 0 Å². The lowest BCUT2D eigenvalue weighted by atomic mass is 10.2. The van der Waals surface area contributed by atoms with Crippen LogP contribution in [0.15, 0.2) is 23.1 Å². The molecule has 0 saturated carbocycles. The third kappa shape index (κ3) is 3.41. The van der Waals surface area contributed by atoms with Crippen molar-refractivity contribution in [3.05, 3.63) is 18.2 Å². The van der Waals surface area contributed by atoms with E-state index >= 15 is 0 Å². The van der Waals surface area contributed by atoms with Crippen molar-refractivity contribution in [3.63, 3.8) is 0 Å². The smallest absolute Gasteiger partial charge is 0.240 e. The van der Waals surface area contributed by atoms with Crippen molar-refractivity contribution in [1.82, 2.24) is 4.72 Å². The van der Waals surface area contributed by atoms with Crippen LogP contribution in [0, 0.1) is 0 Å². The highest BCUT2D eigenvalue weighted by Crippen LogP contribution is 2.24. The number of aromatic hydroxyl groups is 1. The molecule has 112 valence electrons. The summed E-state index contributed by atoms with van der Waals surface area (Å²) in [6, 6.07) is 2.90. The maximum absolute atomic E-state index is 12.1. The molecule has 1 aliphatic rings. The second kappa shape index (κ2) is 5.23. The maximum atomic E-state index is 12.1. The fourth-order valence-corrected chi connectivity index (χ4v) is 5.15. The van der Waals surface area contributed by atoms with Crippen LogP contribution in [0.1, 0.15) is 12.8 Å². The van der Waals surface area contributed by atoms with Gasteiger partial charge in [-0.05, 0) is 31.0 Å². The minimum Gasteiger partial charge on any atom is -0.506 e. The van der Waals surface area contributed by atoms with E-state index in [1.165, 1.54) is 12.1 Å². The van der Waals surface area contributed by atoms with E-state index in [0.717, 1.165) is 6.07 Å². The number of nitrogens with one attached hydrogen (secondary N) is 1. The number of phenols is 1. The van der Waals surface area contributed by atoms with Crippen LogP contribution in [-0.4, -0.2) is 39.5 Å². The number of nitrogens with two attached hydrogens (primary N) is 1. The van der Waals surface area contributed by atoms with Crippen molar-refractivity contribution >= 4 is 25.5 Å². The predicted octanol–water partition coefficient (Wildman–Crippen LogP) is -0.170. The second-order valence-corrected chi connectivity index (χ2v) is 8.74. The average molecular weight is 320 g/mol. The zero-order chi connectivity index (χ0) is 15.0. The molecule has 1 atom stereocenters. The van der Waals surface area contributed by atoms with Gasteiger partial charge in [-0.15, -0.1) is 0 Å². The van der Waals surface area contributed by atoms with Crippen molar-refractivity contribution in [2.45, 2.75) is 23.8 Å². The summed E-state index contributed by atoms with van der Waals surface area (Å²) in [5, 5.41) is 9.28. The summed E-state index contributed by atoms with van der Waals surface area (Å²) < 4.78 is 49.6. The lowest BCUT2D eigenvalue weighted by Gasteiger charge is -2.22. The van der Waals surface area contributed by atoms with E-state index in [2.05, 4.69) is 4.72 Å². The van der Waals surface area contributed by atoms with Crippen LogP contribution in [0.2, 0.25) is 0 Å². The molecule has 1 fully saturated rings. The van der Waals surface area contributed by atoms with E-state index in [0.29, 0.717) is 12.8 Å². The molecule has 1 saturated heterocycles. The molecular weight excluding hydrogens is 304 g/mol.